The largest absolute Gasteiger partial charge is 0.461 e. The van der Waals surface area contributed by atoms with Crippen molar-refractivity contribution in [2.24, 2.45) is 0 Å². The minimum atomic E-state index is -1.47. The van der Waals surface area contributed by atoms with E-state index >= 15 is 0 Å². The van der Waals surface area contributed by atoms with Crippen LogP contribution in [0.2, 0.25) is 0 Å². The van der Waals surface area contributed by atoms with Crippen LogP contribution >= 0.6 is 0 Å². The fourth-order valence-corrected chi connectivity index (χ4v) is 1.49. The molecule has 1 aliphatic rings. The Morgan fingerprint density at radius 3 is 2.88 bits per heavy atom. The summed E-state index contributed by atoms with van der Waals surface area (Å²) in [6.45, 7) is 1.99. The second-order valence-electron chi connectivity index (χ2n) is 3.68. The number of hydrogen-bond donors (Lipinski definition) is 0. The van der Waals surface area contributed by atoms with Crippen LogP contribution in [0.1, 0.15) is 26.2 Å². The van der Waals surface area contributed by atoms with Gasteiger partial charge in [0.15, 0.2) is 6.29 Å². The van der Waals surface area contributed by atoms with Gasteiger partial charge in [-0.3, -0.25) is 10.1 Å². The molecule has 98 valence electrons. The Morgan fingerprint density at radius 2 is 2.35 bits per heavy atom. The first-order valence-corrected chi connectivity index (χ1v) is 5.68. The van der Waals surface area contributed by atoms with Gasteiger partial charge >= 0.3 is 12.0 Å². The Balaban J connectivity index is 2.38. The van der Waals surface area contributed by atoms with Crippen molar-refractivity contribution in [1.29, 1.82) is 0 Å². The van der Waals surface area contributed by atoms with Gasteiger partial charge in [-0.15, -0.1) is 0 Å². The number of nitro groups is 1. The molecule has 1 heterocycles. The Labute approximate surface area is 99.2 Å². The molecule has 0 saturated carbocycles. The summed E-state index contributed by atoms with van der Waals surface area (Å²) in [5.41, 5.74) is 0. The number of esters is 1. The highest BCUT2D eigenvalue weighted by Crippen LogP contribution is 2.14. The van der Waals surface area contributed by atoms with Crippen molar-refractivity contribution in [3.05, 3.63) is 10.1 Å². The number of carbonyl (C=O) groups excluding carboxylic acids is 1. The van der Waals surface area contributed by atoms with Crippen LogP contribution < -0.4 is 0 Å². The van der Waals surface area contributed by atoms with Crippen LogP contribution in [0.15, 0.2) is 0 Å². The number of ether oxygens (including phenoxy) is 3. The molecule has 0 aromatic heterocycles. The molecule has 0 radical (unpaired) electrons. The van der Waals surface area contributed by atoms with Gasteiger partial charge in [0.25, 0.3) is 0 Å². The molecule has 0 N–H and O–H groups in total. The van der Waals surface area contributed by atoms with Gasteiger partial charge in [-0.2, -0.15) is 0 Å². The molecule has 2 atom stereocenters. The van der Waals surface area contributed by atoms with Crippen LogP contribution in [-0.4, -0.2) is 43.0 Å². The van der Waals surface area contributed by atoms with E-state index in [4.69, 9.17) is 9.47 Å². The normalized spacial score (nSPS) is 21.8. The quantitative estimate of drug-likeness (QED) is 0.391. The highest BCUT2D eigenvalue weighted by molar-refractivity contribution is 5.74. The zero-order valence-electron chi connectivity index (χ0n) is 9.79. The Morgan fingerprint density at radius 1 is 1.59 bits per heavy atom. The second kappa shape index (κ2) is 7.18. The van der Waals surface area contributed by atoms with E-state index < -0.39 is 23.2 Å². The number of nitrogens with zero attached hydrogens (tertiary/aromatic N) is 1. The molecule has 1 saturated heterocycles. The van der Waals surface area contributed by atoms with Crippen molar-refractivity contribution >= 4 is 5.97 Å². The standard InChI is InChI=1S/C10H17NO6/c1-2-15-10(12)8(11(13)14)7-17-9-5-3-4-6-16-9/h8-9H,2-7H2,1H3. The minimum Gasteiger partial charge on any atom is -0.461 e. The summed E-state index contributed by atoms with van der Waals surface area (Å²) in [6.07, 6.45) is 2.19. The summed E-state index contributed by atoms with van der Waals surface area (Å²) >= 11 is 0. The fraction of sp³-hybridized carbons (Fsp3) is 0.900. The molecule has 0 aliphatic carbocycles. The van der Waals surface area contributed by atoms with Crippen LogP contribution in [0, 0.1) is 10.1 Å². The summed E-state index contributed by atoms with van der Waals surface area (Å²) in [6, 6.07) is -1.47. The zero-order chi connectivity index (χ0) is 12.7. The first-order chi connectivity index (χ1) is 8.15. The highest BCUT2D eigenvalue weighted by atomic mass is 16.7. The second-order valence-corrected chi connectivity index (χ2v) is 3.68. The lowest BCUT2D eigenvalue weighted by molar-refractivity contribution is -0.516. The first-order valence-electron chi connectivity index (χ1n) is 5.68. The third kappa shape index (κ3) is 4.66. The lowest BCUT2D eigenvalue weighted by Crippen LogP contribution is -2.38. The van der Waals surface area contributed by atoms with Gasteiger partial charge in [0.05, 0.1) is 6.61 Å². The molecule has 7 nitrogen and oxygen atoms in total. The first kappa shape index (κ1) is 13.9. The Hall–Kier alpha value is -1.21. The van der Waals surface area contributed by atoms with Crippen molar-refractivity contribution in [1.82, 2.24) is 0 Å². The van der Waals surface area contributed by atoms with Gasteiger partial charge in [-0.05, 0) is 26.2 Å². The van der Waals surface area contributed by atoms with Crippen molar-refractivity contribution in [3.8, 4) is 0 Å². The van der Waals surface area contributed by atoms with Crippen molar-refractivity contribution in [3.63, 3.8) is 0 Å². The third-order valence-corrected chi connectivity index (χ3v) is 2.39. The van der Waals surface area contributed by atoms with Crippen molar-refractivity contribution in [2.75, 3.05) is 19.8 Å². The average Bonchev–Trinajstić information content (AvgIpc) is 2.30. The van der Waals surface area contributed by atoms with E-state index in [1.54, 1.807) is 6.92 Å². The molecule has 0 spiro atoms. The molecule has 17 heavy (non-hydrogen) atoms. The van der Waals surface area contributed by atoms with Gasteiger partial charge < -0.3 is 14.2 Å². The van der Waals surface area contributed by atoms with Crippen molar-refractivity contribution < 1.29 is 23.9 Å². The third-order valence-electron chi connectivity index (χ3n) is 2.39. The van der Waals surface area contributed by atoms with E-state index in [-0.39, 0.29) is 13.2 Å². The molecule has 2 unspecified atom stereocenters. The molecule has 0 aromatic carbocycles. The van der Waals surface area contributed by atoms with E-state index in [9.17, 15) is 14.9 Å². The zero-order valence-corrected chi connectivity index (χ0v) is 9.79. The molecular formula is C10H17NO6. The average molecular weight is 247 g/mol. The number of rotatable bonds is 6. The molecule has 1 aliphatic heterocycles. The Bertz CT molecular complexity index is 264. The SMILES string of the molecule is CCOC(=O)C(COC1CCCCO1)[N+](=O)[O-]. The topological polar surface area (TPSA) is 87.9 Å². The lowest BCUT2D eigenvalue weighted by Gasteiger charge is -2.22. The maximum absolute atomic E-state index is 11.3. The smallest absolute Gasteiger partial charge is 0.384 e. The molecular weight excluding hydrogens is 230 g/mol. The predicted molar refractivity (Wildman–Crippen MR) is 57.0 cm³/mol. The van der Waals surface area contributed by atoms with Crippen LogP contribution in [0.3, 0.4) is 0 Å². The summed E-state index contributed by atoms with van der Waals surface area (Å²) < 4.78 is 15.1. The maximum Gasteiger partial charge on any atom is 0.384 e. The number of carbonyl (C=O) groups is 1. The summed E-state index contributed by atoms with van der Waals surface area (Å²) in [7, 11) is 0. The van der Waals surface area contributed by atoms with Crippen LogP contribution in [0.25, 0.3) is 0 Å². The van der Waals surface area contributed by atoms with Crippen molar-refractivity contribution in [2.45, 2.75) is 38.5 Å². The van der Waals surface area contributed by atoms with Crippen LogP contribution in [0.4, 0.5) is 0 Å². The van der Waals surface area contributed by atoms with E-state index in [0.717, 1.165) is 12.8 Å². The maximum atomic E-state index is 11.3. The van der Waals surface area contributed by atoms with Gasteiger partial charge in [-0.25, -0.2) is 4.79 Å². The summed E-state index contributed by atoms with van der Waals surface area (Å²) in [4.78, 5) is 21.3. The van der Waals surface area contributed by atoms with Gasteiger partial charge in [-0.1, -0.05) is 0 Å². The molecule has 0 amide bonds. The summed E-state index contributed by atoms with van der Waals surface area (Å²) in [5, 5.41) is 10.7. The highest BCUT2D eigenvalue weighted by Gasteiger charge is 2.33. The predicted octanol–water partition coefficient (Wildman–Crippen LogP) is 0.738. The Kier molecular flexibility index (Phi) is 5.85. The van der Waals surface area contributed by atoms with Gasteiger partial charge in [0.1, 0.15) is 6.61 Å². The fourth-order valence-electron chi connectivity index (χ4n) is 1.49. The van der Waals surface area contributed by atoms with E-state index in [1.807, 2.05) is 0 Å². The number of hydrogen-bond acceptors (Lipinski definition) is 6. The minimum absolute atomic E-state index is 0.114. The summed E-state index contributed by atoms with van der Waals surface area (Å²) in [5.74, 6) is -0.867. The van der Waals surface area contributed by atoms with Gasteiger partial charge in [0.2, 0.25) is 0 Å². The van der Waals surface area contributed by atoms with Crippen LogP contribution in [0.5, 0.6) is 0 Å². The van der Waals surface area contributed by atoms with E-state index in [2.05, 4.69) is 4.74 Å². The molecule has 0 aromatic rings. The molecule has 7 heteroatoms. The molecule has 1 rings (SSSR count). The molecule has 1 fully saturated rings. The van der Waals surface area contributed by atoms with Crippen LogP contribution in [-0.2, 0) is 19.0 Å². The lowest BCUT2D eigenvalue weighted by atomic mass is 10.2. The van der Waals surface area contributed by atoms with E-state index in [0.29, 0.717) is 13.0 Å². The van der Waals surface area contributed by atoms with E-state index in [1.165, 1.54) is 0 Å². The monoisotopic (exact) mass is 247 g/mol. The molecule has 0 bridgehead atoms. The van der Waals surface area contributed by atoms with Gasteiger partial charge in [0, 0.05) is 11.5 Å².